The molecule has 1 aromatic heterocycles. The van der Waals surface area contributed by atoms with Crippen LogP contribution in [0.5, 0.6) is 0 Å². The van der Waals surface area contributed by atoms with Gasteiger partial charge in [0.05, 0.1) is 27.3 Å². The zero-order chi connectivity index (χ0) is 16.4. The van der Waals surface area contributed by atoms with Crippen molar-refractivity contribution in [3.63, 3.8) is 0 Å². The van der Waals surface area contributed by atoms with Crippen molar-refractivity contribution in [1.82, 2.24) is 4.98 Å². The molecular formula is C16H17FN4OS. The topological polar surface area (TPSA) is 80.4 Å². The van der Waals surface area contributed by atoms with Gasteiger partial charge in [0.25, 0.3) is 0 Å². The fraction of sp³-hybridized carbons (Fsp3) is 0.188. The number of nitrogens with zero attached hydrogens (tertiary/aromatic N) is 2. The van der Waals surface area contributed by atoms with Crippen LogP contribution >= 0.6 is 0 Å². The van der Waals surface area contributed by atoms with Crippen molar-refractivity contribution in [2.24, 2.45) is 16.2 Å². The highest BCUT2D eigenvalue weighted by atomic mass is 32.2. The van der Waals surface area contributed by atoms with Gasteiger partial charge in [-0.1, -0.05) is 0 Å². The Balaban J connectivity index is 1.82. The lowest BCUT2D eigenvalue weighted by Crippen LogP contribution is -2.11. The summed E-state index contributed by atoms with van der Waals surface area (Å²) in [4.78, 5) is 4.35. The van der Waals surface area contributed by atoms with Crippen LogP contribution in [-0.4, -0.2) is 20.8 Å². The highest BCUT2D eigenvalue weighted by Gasteiger charge is 2.29. The zero-order valence-corrected chi connectivity index (χ0v) is 13.2. The van der Waals surface area contributed by atoms with Gasteiger partial charge in [-0.25, -0.2) is 8.60 Å². The number of nitrogens with one attached hydrogen (secondary N) is 1. The minimum atomic E-state index is -2.72. The quantitative estimate of drug-likeness (QED) is 0.501. The highest BCUT2D eigenvalue weighted by molar-refractivity contribution is 7.98. The average Bonchev–Trinajstić information content (AvgIpc) is 3.32. The Bertz CT molecular complexity index is 843. The molecule has 120 valence electrons. The van der Waals surface area contributed by atoms with Crippen LogP contribution in [0.3, 0.4) is 0 Å². The van der Waals surface area contributed by atoms with Crippen LogP contribution in [0, 0.1) is 11.7 Å². The first-order chi connectivity index (χ1) is 10.9. The fourth-order valence-electron chi connectivity index (χ4n) is 2.18. The first-order valence-corrected chi connectivity index (χ1v) is 8.92. The van der Waals surface area contributed by atoms with E-state index in [1.807, 2.05) is 0 Å². The fourth-order valence-corrected chi connectivity index (χ4v) is 2.78. The monoisotopic (exact) mass is 332 g/mol. The van der Waals surface area contributed by atoms with Crippen LogP contribution < -0.4 is 10.6 Å². The molecule has 1 atom stereocenters. The van der Waals surface area contributed by atoms with Gasteiger partial charge in [0.15, 0.2) is 0 Å². The summed E-state index contributed by atoms with van der Waals surface area (Å²) in [6.45, 7) is 0. The molecule has 1 heterocycles. The van der Waals surface area contributed by atoms with Crippen molar-refractivity contribution in [3.05, 3.63) is 54.1 Å². The standard InChI is InChI=1S/C16H17FN4OS/c1-23(18,22)15-6-4-14(5-7-15)20-21-16(11-2-3-11)12-8-13(17)10-19-9-12/h4-11,20H,1-3H2,(H2,18,22)/b21-16+. The average molecular weight is 332 g/mol. The van der Waals surface area contributed by atoms with Crippen LogP contribution in [0.4, 0.5) is 10.1 Å². The number of benzene rings is 1. The van der Waals surface area contributed by atoms with E-state index in [1.54, 1.807) is 30.5 Å². The normalized spacial score (nSPS) is 17.6. The van der Waals surface area contributed by atoms with E-state index in [4.69, 9.17) is 5.14 Å². The SMILES string of the molecule is C=S(N)(=O)c1ccc(N/N=C(/c2cncc(F)c2)C2CC2)cc1. The van der Waals surface area contributed by atoms with Gasteiger partial charge in [-0.05, 0) is 49.0 Å². The van der Waals surface area contributed by atoms with E-state index < -0.39 is 9.71 Å². The van der Waals surface area contributed by atoms with Gasteiger partial charge in [-0.3, -0.25) is 15.5 Å². The number of hydrazone groups is 1. The maximum Gasteiger partial charge on any atom is 0.142 e. The summed E-state index contributed by atoms with van der Waals surface area (Å²) in [6, 6.07) is 8.18. The maximum atomic E-state index is 13.3. The predicted octanol–water partition coefficient (Wildman–Crippen LogP) is 2.40. The zero-order valence-electron chi connectivity index (χ0n) is 12.4. The third-order valence-corrected chi connectivity index (χ3v) is 4.59. The van der Waals surface area contributed by atoms with Crippen LogP contribution in [0.1, 0.15) is 18.4 Å². The summed E-state index contributed by atoms with van der Waals surface area (Å²) in [5.74, 6) is 3.38. The molecule has 1 unspecified atom stereocenters. The molecule has 0 saturated heterocycles. The van der Waals surface area contributed by atoms with Crippen molar-refractivity contribution in [3.8, 4) is 0 Å². The van der Waals surface area contributed by atoms with E-state index in [-0.39, 0.29) is 5.82 Å². The third-order valence-electron chi connectivity index (χ3n) is 3.52. The lowest BCUT2D eigenvalue weighted by Gasteiger charge is -2.08. The second-order valence-corrected chi connectivity index (χ2v) is 7.45. The molecule has 0 amide bonds. The van der Waals surface area contributed by atoms with Gasteiger partial charge in [-0.15, -0.1) is 0 Å². The molecule has 1 fully saturated rings. The van der Waals surface area contributed by atoms with Gasteiger partial charge >= 0.3 is 0 Å². The maximum absolute atomic E-state index is 13.3. The summed E-state index contributed by atoms with van der Waals surface area (Å²) in [7, 11) is -2.72. The van der Waals surface area contributed by atoms with E-state index in [0.717, 1.165) is 24.2 Å². The Labute approximate surface area is 134 Å². The van der Waals surface area contributed by atoms with Crippen molar-refractivity contribution >= 4 is 27.0 Å². The van der Waals surface area contributed by atoms with Crippen LogP contribution in [0.2, 0.25) is 0 Å². The van der Waals surface area contributed by atoms with Gasteiger partial charge in [0.2, 0.25) is 0 Å². The molecule has 0 spiro atoms. The van der Waals surface area contributed by atoms with Crippen molar-refractivity contribution in [2.45, 2.75) is 17.7 Å². The molecule has 5 nitrogen and oxygen atoms in total. The largest absolute Gasteiger partial charge is 0.278 e. The van der Waals surface area contributed by atoms with E-state index in [0.29, 0.717) is 16.4 Å². The Kier molecular flexibility index (Phi) is 4.14. The Morgan fingerprint density at radius 1 is 1.35 bits per heavy atom. The summed E-state index contributed by atoms with van der Waals surface area (Å²) < 4.78 is 25.0. The number of aromatic nitrogens is 1. The predicted molar refractivity (Wildman–Crippen MR) is 91.2 cm³/mol. The number of hydrogen-bond acceptors (Lipinski definition) is 4. The molecular weight excluding hydrogens is 315 g/mol. The smallest absolute Gasteiger partial charge is 0.142 e. The van der Waals surface area contributed by atoms with E-state index in [9.17, 15) is 8.60 Å². The second kappa shape index (κ2) is 6.10. The molecule has 1 aliphatic carbocycles. The van der Waals surface area contributed by atoms with Gasteiger partial charge in [0.1, 0.15) is 5.82 Å². The molecule has 1 saturated carbocycles. The van der Waals surface area contributed by atoms with E-state index >= 15 is 0 Å². The number of hydrogen-bond donors (Lipinski definition) is 2. The molecule has 0 aliphatic heterocycles. The molecule has 3 N–H and O–H groups in total. The Morgan fingerprint density at radius 2 is 2.04 bits per heavy atom. The molecule has 1 aliphatic rings. The van der Waals surface area contributed by atoms with Gasteiger partial charge in [-0.2, -0.15) is 5.10 Å². The Hall–Kier alpha value is -2.25. The molecule has 0 radical (unpaired) electrons. The van der Waals surface area contributed by atoms with Crippen LogP contribution in [0.15, 0.2) is 52.7 Å². The van der Waals surface area contributed by atoms with Crippen molar-refractivity contribution in [2.75, 3.05) is 5.43 Å². The first-order valence-electron chi connectivity index (χ1n) is 7.13. The van der Waals surface area contributed by atoms with Gasteiger partial charge < -0.3 is 0 Å². The lowest BCUT2D eigenvalue weighted by molar-refractivity contribution is 0.621. The number of halogens is 1. The molecule has 2 aromatic rings. The molecule has 23 heavy (non-hydrogen) atoms. The second-order valence-electron chi connectivity index (χ2n) is 5.53. The molecule has 0 bridgehead atoms. The van der Waals surface area contributed by atoms with Gasteiger partial charge in [0, 0.05) is 22.6 Å². The highest BCUT2D eigenvalue weighted by Crippen LogP contribution is 2.33. The lowest BCUT2D eigenvalue weighted by atomic mass is 10.1. The summed E-state index contributed by atoms with van der Waals surface area (Å²) in [5, 5.41) is 9.89. The third kappa shape index (κ3) is 3.94. The minimum absolute atomic E-state index is 0.327. The summed E-state index contributed by atoms with van der Waals surface area (Å²) >= 11 is 0. The minimum Gasteiger partial charge on any atom is -0.278 e. The first kappa shape index (κ1) is 15.6. The molecule has 7 heteroatoms. The molecule has 1 aromatic carbocycles. The number of rotatable bonds is 5. The number of nitrogens with two attached hydrogens (primary N) is 1. The molecule has 3 rings (SSSR count). The Morgan fingerprint density at radius 3 is 2.61 bits per heavy atom. The van der Waals surface area contributed by atoms with Crippen LogP contribution in [-0.2, 0) is 9.71 Å². The van der Waals surface area contributed by atoms with E-state index in [2.05, 4.69) is 21.4 Å². The van der Waals surface area contributed by atoms with Crippen molar-refractivity contribution in [1.29, 1.82) is 0 Å². The van der Waals surface area contributed by atoms with Crippen LogP contribution in [0.25, 0.3) is 0 Å². The number of pyridine rings is 1. The van der Waals surface area contributed by atoms with E-state index in [1.165, 1.54) is 12.3 Å². The number of anilines is 1. The van der Waals surface area contributed by atoms with Crippen molar-refractivity contribution < 1.29 is 8.60 Å². The summed E-state index contributed by atoms with van der Waals surface area (Å²) in [5.41, 5.74) is 5.14. The summed E-state index contributed by atoms with van der Waals surface area (Å²) in [6.07, 6.45) is 4.85.